The van der Waals surface area contributed by atoms with Crippen LogP contribution in [-0.2, 0) is 4.79 Å². The van der Waals surface area contributed by atoms with E-state index in [0.717, 1.165) is 5.56 Å². The minimum atomic E-state index is -0.199. The van der Waals surface area contributed by atoms with Crippen molar-refractivity contribution in [3.05, 3.63) is 53.0 Å². The molecule has 6 nitrogen and oxygen atoms in total. The fourth-order valence-electron chi connectivity index (χ4n) is 2.44. The third kappa shape index (κ3) is 4.99. The van der Waals surface area contributed by atoms with Crippen LogP contribution in [0.5, 0.6) is 11.5 Å². The number of allylic oxidation sites excluding steroid dienone is 1. The van der Waals surface area contributed by atoms with Gasteiger partial charge in [-0.2, -0.15) is 0 Å². The maximum absolute atomic E-state index is 12.3. The van der Waals surface area contributed by atoms with Gasteiger partial charge in [-0.1, -0.05) is 12.1 Å². The Morgan fingerprint density at radius 2 is 1.96 bits per heavy atom. The second kappa shape index (κ2) is 8.89. The van der Waals surface area contributed by atoms with E-state index >= 15 is 0 Å². The molecule has 0 atom stereocenters. The van der Waals surface area contributed by atoms with Gasteiger partial charge in [-0.25, -0.2) is 0 Å². The summed E-state index contributed by atoms with van der Waals surface area (Å²) < 4.78 is 16.2. The number of carbonyl (C=O) groups excluding carboxylic acids is 2. The minimum Gasteiger partial charge on any atom is -0.493 e. The summed E-state index contributed by atoms with van der Waals surface area (Å²) in [5.41, 5.74) is 1.33. The van der Waals surface area contributed by atoms with Crippen molar-refractivity contribution in [3.8, 4) is 11.5 Å². The molecule has 0 unspecified atom stereocenters. The topological polar surface area (TPSA) is 77.8 Å². The molecule has 0 aliphatic carbocycles. The Kier molecular flexibility index (Phi) is 6.60. The number of aryl methyl sites for hydroxylation is 2. The summed E-state index contributed by atoms with van der Waals surface area (Å²) in [6.07, 6.45) is 3.18. The van der Waals surface area contributed by atoms with Crippen molar-refractivity contribution in [1.82, 2.24) is 5.32 Å². The third-order valence-corrected chi connectivity index (χ3v) is 3.65. The van der Waals surface area contributed by atoms with E-state index < -0.39 is 0 Å². The first kappa shape index (κ1) is 19.3. The van der Waals surface area contributed by atoms with Crippen LogP contribution in [0.2, 0.25) is 0 Å². The maximum Gasteiger partial charge on any atom is 0.257 e. The summed E-state index contributed by atoms with van der Waals surface area (Å²) in [6, 6.07) is 6.95. The first-order chi connectivity index (χ1) is 12.4. The van der Waals surface area contributed by atoms with Crippen molar-refractivity contribution in [3.63, 3.8) is 0 Å². The largest absolute Gasteiger partial charge is 0.493 e. The van der Waals surface area contributed by atoms with Gasteiger partial charge in [0.15, 0.2) is 23.9 Å². The predicted octanol–water partition coefficient (Wildman–Crippen LogP) is 3.32. The number of likely N-dealkylation sites (N-methyl/N-ethyl adjacent to an activating group) is 1. The van der Waals surface area contributed by atoms with Crippen molar-refractivity contribution in [1.29, 1.82) is 0 Å². The van der Waals surface area contributed by atoms with Crippen LogP contribution in [0.1, 0.15) is 34.4 Å². The van der Waals surface area contributed by atoms with Crippen LogP contribution >= 0.6 is 0 Å². The van der Waals surface area contributed by atoms with Gasteiger partial charge >= 0.3 is 0 Å². The highest BCUT2D eigenvalue weighted by molar-refractivity contribution is 6.07. The van der Waals surface area contributed by atoms with Crippen molar-refractivity contribution < 1.29 is 23.5 Å². The zero-order valence-corrected chi connectivity index (χ0v) is 15.4. The van der Waals surface area contributed by atoms with Gasteiger partial charge in [0.25, 0.3) is 5.91 Å². The Bertz CT molecular complexity index is 820. The van der Waals surface area contributed by atoms with E-state index in [2.05, 4.69) is 5.32 Å². The standard InChI is InChI=1S/C20H23NO5/c1-5-21-20(23)12-25-18-9-7-15(11-19(18)24-4)6-8-17(22)16-10-13(2)26-14(16)3/h6-11H,5,12H2,1-4H3,(H,21,23)/b8-6+. The van der Waals surface area contributed by atoms with Crippen LogP contribution in [0.25, 0.3) is 6.08 Å². The van der Waals surface area contributed by atoms with Crippen LogP contribution in [-0.4, -0.2) is 32.0 Å². The summed E-state index contributed by atoms with van der Waals surface area (Å²) in [5.74, 6) is 1.92. The molecule has 0 saturated heterocycles. The predicted molar refractivity (Wildman–Crippen MR) is 98.7 cm³/mol. The quantitative estimate of drug-likeness (QED) is 0.579. The molecule has 138 valence electrons. The highest BCUT2D eigenvalue weighted by Crippen LogP contribution is 2.28. The lowest BCUT2D eigenvalue weighted by atomic mass is 10.1. The first-order valence-electron chi connectivity index (χ1n) is 8.31. The lowest BCUT2D eigenvalue weighted by Gasteiger charge is -2.11. The fourth-order valence-corrected chi connectivity index (χ4v) is 2.44. The van der Waals surface area contributed by atoms with Crippen molar-refractivity contribution in [2.45, 2.75) is 20.8 Å². The molecular formula is C20H23NO5. The average Bonchev–Trinajstić information content (AvgIpc) is 2.96. The molecule has 0 radical (unpaired) electrons. The number of hydrogen-bond donors (Lipinski definition) is 1. The molecule has 0 saturated carbocycles. The minimum absolute atomic E-state index is 0.0863. The molecule has 1 amide bonds. The smallest absolute Gasteiger partial charge is 0.257 e. The second-order valence-corrected chi connectivity index (χ2v) is 5.68. The SMILES string of the molecule is CCNC(=O)COc1ccc(/C=C/C(=O)c2cc(C)oc2C)cc1OC. The number of hydrogen-bond acceptors (Lipinski definition) is 5. The highest BCUT2D eigenvalue weighted by atomic mass is 16.5. The molecule has 0 spiro atoms. The van der Waals surface area contributed by atoms with Gasteiger partial charge in [0.05, 0.1) is 12.7 Å². The zero-order chi connectivity index (χ0) is 19.1. The van der Waals surface area contributed by atoms with Crippen LogP contribution in [0, 0.1) is 13.8 Å². The van der Waals surface area contributed by atoms with E-state index in [9.17, 15) is 9.59 Å². The number of ketones is 1. The Hall–Kier alpha value is -3.02. The van der Waals surface area contributed by atoms with Gasteiger partial charge < -0.3 is 19.2 Å². The first-order valence-corrected chi connectivity index (χ1v) is 8.31. The number of nitrogens with one attached hydrogen (secondary N) is 1. The highest BCUT2D eigenvalue weighted by Gasteiger charge is 2.11. The molecule has 26 heavy (non-hydrogen) atoms. The number of rotatable bonds is 8. The number of furan rings is 1. The fraction of sp³-hybridized carbons (Fsp3) is 0.300. The molecule has 6 heteroatoms. The van der Waals surface area contributed by atoms with Gasteiger partial charge in [0.1, 0.15) is 11.5 Å². The summed E-state index contributed by atoms with van der Waals surface area (Å²) in [4.78, 5) is 23.8. The molecular weight excluding hydrogens is 334 g/mol. The lowest BCUT2D eigenvalue weighted by molar-refractivity contribution is -0.123. The maximum atomic E-state index is 12.3. The molecule has 1 aromatic carbocycles. The number of ether oxygens (including phenoxy) is 2. The van der Waals surface area contributed by atoms with Crippen molar-refractivity contribution in [2.75, 3.05) is 20.3 Å². The molecule has 0 bridgehead atoms. The average molecular weight is 357 g/mol. The lowest BCUT2D eigenvalue weighted by Crippen LogP contribution is -2.28. The van der Waals surface area contributed by atoms with Gasteiger partial charge in [-0.15, -0.1) is 0 Å². The van der Waals surface area contributed by atoms with E-state index in [-0.39, 0.29) is 18.3 Å². The van der Waals surface area contributed by atoms with E-state index in [1.165, 1.54) is 13.2 Å². The van der Waals surface area contributed by atoms with Gasteiger partial charge in [-0.3, -0.25) is 9.59 Å². The molecule has 1 N–H and O–H groups in total. The number of benzene rings is 1. The molecule has 0 aliphatic heterocycles. The van der Waals surface area contributed by atoms with Crippen LogP contribution in [0.4, 0.5) is 0 Å². The number of carbonyl (C=O) groups is 2. The summed E-state index contributed by atoms with van der Waals surface area (Å²) in [7, 11) is 1.52. The molecule has 1 aromatic heterocycles. The summed E-state index contributed by atoms with van der Waals surface area (Å²) >= 11 is 0. The van der Waals surface area contributed by atoms with Crippen LogP contribution in [0.15, 0.2) is 34.8 Å². The normalized spacial score (nSPS) is 10.8. The third-order valence-electron chi connectivity index (χ3n) is 3.65. The zero-order valence-electron chi connectivity index (χ0n) is 15.4. The molecule has 2 aromatic rings. The van der Waals surface area contributed by atoms with Gasteiger partial charge in [0.2, 0.25) is 0 Å². The van der Waals surface area contributed by atoms with Crippen molar-refractivity contribution >= 4 is 17.8 Å². The molecule has 1 heterocycles. The van der Waals surface area contributed by atoms with Crippen LogP contribution < -0.4 is 14.8 Å². The summed E-state index contributed by atoms with van der Waals surface area (Å²) in [6.45, 7) is 5.87. The Morgan fingerprint density at radius 1 is 1.19 bits per heavy atom. The van der Waals surface area contributed by atoms with E-state index in [1.54, 1.807) is 44.2 Å². The molecule has 2 rings (SSSR count). The Morgan fingerprint density at radius 3 is 2.58 bits per heavy atom. The number of amides is 1. The van der Waals surface area contributed by atoms with E-state index in [1.807, 2.05) is 6.92 Å². The molecule has 0 fully saturated rings. The Balaban J connectivity index is 2.09. The van der Waals surface area contributed by atoms with Crippen molar-refractivity contribution in [2.24, 2.45) is 0 Å². The van der Waals surface area contributed by atoms with E-state index in [4.69, 9.17) is 13.9 Å². The Labute approximate surface area is 152 Å². The van der Waals surface area contributed by atoms with Gasteiger partial charge in [-0.05, 0) is 50.6 Å². The summed E-state index contributed by atoms with van der Waals surface area (Å²) in [5, 5.41) is 2.66. The molecule has 0 aliphatic rings. The monoisotopic (exact) mass is 357 g/mol. The van der Waals surface area contributed by atoms with E-state index in [0.29, 0.717) is 35.1 Å². The number of methoxy groups -OCH3 is 1. The second-order valence-electron chi connectivity index (χ2n) is 5.68. The van der Waals surface area contributed by atoms with Crippen LogP contribution in [0.3, 0.4) is 0 Å². The van der Waals surface area contributed by atoms with Gasteiger partial charge in [0, 0.05) is 6.54 Å².